The largest absolute Gasteiger partial charge is 0.337 e. The molecule has 0 radical (unpaired) electrons. The van der Waals surface area contributed by atoms with Gasteiger partial charge in [-0.15, -0.1) is 0 Å². The van der Waals surface area contributed by atoms with Crippen LogP contribution in [0.25, 0.3) is 0 Å². The lowest BCUT2D eigenvalue weighted by Gasteiger charge is -2.28. The van der Waals surface area contributed by atoms with Crippen molar-refractivity contribution in [3.8, 4) is 0 Å². The Morgan fingerprint density at radius 3 is 2.52 bits per heavy atom. The Labute approximate surface area is 149 Å². The lowest BCUT2D eigenvalue weighted by Crippen LogP contribution is -2.44. The van der Waals surface area contributed by atoms with Crippen LogP contribution in [0.3, 0.4) is 0 Å². The highest BCUT2D eigenvalue weighted by Gasteiger charge is 2.15. The third kappa shape index (κ3) is 6.28. The standard InChI is InChI=1S/C16H27N5O3S/c1-20(2)25(23,24)19-9-8-17-16(22)18-10-12-21-11-7-14-5-3-4-6-15(14)13-21/h3-6,19H,7-13H2,1-2H3,(H2,17,18,22). The van der Waals surface area contributed by atoms with Crippen molar-refractivity contribution in [1.29, 1.82) is 0 Å². The fraction of sp³-hybridized carbons (Fsp3) is 0.562. The van der Waals surface area contributed by atoms with Gasteiger partial charge in [0.2, 0.25) is 0 Å². The van der Waals surface area contributed by atoms with Crippen LogP contribution >= 0.6 is 0 Å². The van der Waals surface area contributed by atoms with Crippen LogP contribution < -0.4 is 15.4 Å². The molecule has 0 saturated carbocycles. The number of benzene rings is 1. The number of hydrogen-bond acceptors (Lipinski definition) is 4. The summed E-state index contributed by atoms with van der Waals surface area (Å²) in [6.07, 6.45) is 1.04. The SMILES string of the molecule is CN(C)S(=O)(=O)NCCNC(=O)NCCN1CCc2ccccc2C1. The maximum absolute atomic E-state index is 11.7. The predicted molar refractivity (Wildman–Crippen MR) is 97.4 cm³/mol. The highest BCUT2D eigenvalue weighted by molar-refractivity contribution is 7.87. The molecule has 0 atom stereocenters. The number of nitrogens with zero attached hydrogens (tertiary/aromatic N) is 2. The summed E-state index contributed by atoms with van der Waals surface area (Å²) in [4.78, 5) is 14.0. The summed E-state index contributed by atoms with van der Waals surface area (Å²) in [5, 5.41) is 5.43. The predicted octanol–water partition coefficient (Wildman–Crippen LogP) is -0.260. The molecule has 25 heavy (non-hydrogen) atoms. The highest BCUT2D eigenvalue weighted by Crippen LogP contribution is 2.17. The van der Waals surface area contributed by atoms with Gasteiger partial charge in [-0.05, 0) is 17.5 Å². The second-order valence-electron chi connectivity index (χ2n) is 6.16. The molecule has 0 unspecified atom stereocenters. The molecule has 8 nitrogen and oxygen atoms in total. The van der Waals surface area contributed by atoms with Crippen molar-refractivity contribution in [2.45, 2.75) is 13.0 Å². The number of carbonyl (C=O) groups excluding carboxylic acids is 1. The van der Waals surface area contributed by atoms with Crippen molar-refractivity contribution in [2.24, 2.45) is 0 Å². The molecule has 1 aliphatic rings. The van der Waals surface area contributed by atoms with Crippen LogP contribution in [-0.4, -0.2) is 70.5 Å². The van der Waals surface area contributed by atoms with Gasteiger partial charge in [0.15, 0.2) is 0 Å². The van der Waals surface area contributed by atoms with E-state index in [0.29, 0.717) is 6.54 Å². The number of rotatable bonds is 8. The van der Waals surface area contributed by atoms with Gasteiger partial charge >= 0.3 is 6.03 Å². The molecule has 0 spiro atoms. The van der Waals surface area contributed by atoms with E-state index in [4.69, 9.17) is 0 Å². The minimum Gasteiger partial charge on any atom is -0.337 e. The molecule has 1 aromatic carbocycles. The smallest absolute Gasteiger partial charge is 0.314 e. The molecule has 0 aromatic heterocycles. The Balaban J connectivity index is 1.59. The first-order valence-electron chi connectivity index (χ1n) is 8.36. The van der Waals surface area contributed by atoms with Crippen LogP contribution in [0.15, 0.2) is 24.3 Å². The minimum absolute atomic E-state index is 0.150. The van der Waals surface area contributed by atoms with Crippen LogP contribution in [-0.2, 0) is 23.2 Å². The molecule has 2 amide bonds. The van der Waals surface area contributed by atoms with E-state index in [1.807, 2.05) is 0 Å². The van der Waals surface area contributed by atoms with Crippen molar-refractivity contribution in [3.63, 3.8) is 0 Å². The summed E-state index contributed by atoms with van der Waals surface area (Å²) >= 11 is 0. The Bertz CT molecular complexity index is 678. The molecule has 1 aliphatic heterocycles. The van der Waals surface area contributed by atoms with Crippen molar-refractivity contribution in [1.82, 2.24) is 24.6 Å². The molecule has 0 saturated heterocycles. The first-order valence-corrected chi connectivity index (χ1v) is 9.80. The number of hydrogen-bond donors (Lipinski definition) is 3. The number of amides is 2. The van der Waals surface area contributed by atoms with Gasteiger partial charge in [-0.3, -0.25) is 4.90 Å². The van der Waals surface area contributed by atoms with E-state index in [-0.39, 0.29) is 19.1 Å². The zero-order valence-corrected chi connectivity index (χ0v) is 15.6. The van der Waals surface area contributed by atoms with Gasteiger partial charge in [-0.2, -0.15) is 12.7 Å². The molecule has 1 heterocycles. The summed E-state index contributed by atoms with van der Waals surface area (Å²) in [5.74, 6) is 0. The van der Waals surface area contributed by atoms with E-state index >= 15 is 0 Å². The lowest BCUT2D eigenvalue weighted by molar-refractivity contribution is 0.231. The van der Waals surface area contributed by atoms with Crippen molar-refractivity contribution < 1.29 is 13.2 Å². The van der Waals surface area contributed by atoms with E-state index in [1.54, 1.807) is 0 Å². The van der Waals surface area contributed by atoms with Gasteiger partial charge < -0.3 is 10.6 Å². The summed E-state index contributed by atoms with van der Waals surface area (Å²) in [6.45, 7) is 3.62. The van der Waals surface area contributed by atoms with E-state index in [1.165, 1.54) is 25.2 Å². The Morgan fingerprint density at radius 1 is 1.12 bits per heavy atom. The summed E-state index contributed by atoms with van der Waals surface area (Å²) in [5.41, 5.74) is 2.76. The highest BCUT2D eigenvalue weighted by atomic mass is 32.2. The molecule has 3 N–H and O–H groups in total. The molecule has 1 aromatic rings. The van der Waals surface area contributed by atoms with Gasteiger partial charge in [-0.25, -0.2) is 9.52 Å². The summed E-state index contributed by atoms with van der Waals surface area (Å²) in [7, 11) is -0.555. The van der Waals surface area contributed by atoms with Crippen molar-refractivity contribution >= 4 is 16.2 Å². The summed E-state index contributed by atoms with van der Waals surface area (Å²) < 4.78 is 26.4. The Morgan fingerprint density at radius 2 is 1.80 bits per heavy atom. The van der Waals surface area contributed by atoms with Gasteiger partial charge in [0, 0.05) is 53.4 Å². The van der Waals surface area contributed by atoms with Crippen LogP contribution in [0.1, 0.15) is 11.1 Å². The fourth-order valence-electron chi connectivity index (χ4n) is 2.62. The zero-order chi connectivity index (χ0) is 18.3. The second-order valence-corrected chi connectivity index (χ2v) is 8.13. The number of urea groups is 1. The quantitative estimate of drug-likeness (QED) is 0.551. The average Bonchev–Trinajstić information content (AvgIpc) is 2.58. The van der Waals surface area contributed by atoms with Gasteiger partial charge in [0.1, 0.15) is 0 Å². The molecule has 140 valence electrons. The van der Waals surface area contributed by atoms with E-state index in [9.17, 15) is 13.2 Å². The second kappa shape index (κ2) is 9.14. The summed E-state index contributed by atoms with van der Waals surface area (Å²) in [6, 6.07) is 8.15. The van der Waals surface area contributed by atoms with Crippen LogP contribution in [0.2, 0.25) is 0 Å². The van der Waals surface area contributed by atoms with Crippen LogP contribution in [0.5, 0.6) is 0 Å². The van der Waals surface area contributed by atoms with Crippen LogP contribution in [0, 0.1) is 0 Å². The maximum Gasteiger partial charge on any atom is 0.314 e. The molecule has 2 rings (SSSR count). The lowest BCUT2D eigenvalue weighted by atomic mass is 10.00. The maximum atomic E-state index is 11.7. The normalized spacial score (nSPS) is 15.0. The zero-order valence-electron chi connectivity index (χ0n) is 14.8. The molecule has 0 bridgehead atoms. The number of nitrogens with one attached hydrogen (secondary N) is 3. The molecular formula is C16H27N5O3S. The Hall–Kier alpha value is -1.68. The topological polar surface area (TPSA) is 93.8 Å². The third-order valence-electron chi connectivity index (χ3n) is 4.10. The third-order valence-corrected chi connectivity index (χ3v) is 5.63. The fourth-order valence-corrected chi connectivity index (χ4v) is 3.24. The van der Waals surface area contributed by atoms with Crippen LogP contribution in [0.4, 0.5) is 4.79 Å². The first-order chi connectivity index (χ1) is 11.9. The van der Waals surface area contributed by atoms with Gasteiger partial charge in [0.25, 0.3) is 10.2 Å². The number of carbonyl (C=O) groups is 1. The Kier molecular flexibility index (Phi) is 7.18. The van der Waals surface area contributed by atoms with Crippen molar-refractivity contribution in [2.75, 3.05) is 46.8 Å². The van der Waals surface area contributed by atoms with E-state index in [2.05, 4.69) is 44.5 Å². The van der Waals surface area contributed by atoms with Gasteiger partial charge in [0.05, 0.1) is 0 Å². The van der Waals surface area contributed by atoms with Crippen molar-refractivity contribution in [3.05, 3.63) is 35.4 Å². The molecule has 9 heteroatoms. The number of fused-ring (bicyclic) bond motifs is 1. The van der Waals surface area contributed by atoms with E-state index in [0.717, 1.165) is 30.4 Å². The average molecular weight is 369 g/mol. The minimum atomic E-state index is -3.45. The van der Waals surface area contributed by atoms with E-state index < -0.39 is 10.2 Å². The monoisotopic (exact) mass is 369 g/mol. The van der Waals surface area contributed by atoms with Gasteiger partial charge in [-0.1, -0.05) is 24.3 Å². The first kappa shape index (κ1) is 19.6. The molecule has 0 aliphatic carbocycles. The molecule has 0 fully saturated rings. The molecular weight excluding hydrogens is 342 g/mol.